The SMILES string of the molecule is CCN(CC)CCCN(CC)CCCCCCNC(C)C. The van der Waals surface area contributed by atoms with Gasteiger partial charge < -0.3 is 15.1 Å². The molecule has 0 heterocycles. The summed E-state index contributed by atoms with van der Waals surface area (Å²) < 4.78 is 0. The summed E-state index contributed by atoms with van der Waals surface area (Å²) in [5, 5.41) is 3.49. The molecule has 21 heavy (non-hydrogen) atoms. The van der Waals surface area contributed by atoms with Crippen molar-refractivity contribution in [1.82, 2.24) is 15.1 Å². The summed E-state index contributed by atoms with van der Waals surface area (Å²) >= 11 is 0. The summed E-state index contributed by atoms with van der Waals surface area (Å²) in [6.07, 6.45) is 6.75. The molecule has 0 saturated carbocycles. The van der Waals surface area contributed by atoms with E-state index in [4.69, 9.17) is 0 Å². The van der Waals surface area contributed by atoms with E-state index in [9.17, 15) is 0 Å². The Labute approximate surface area is 134 Å². The van der Waals surface area contributed by atoms with Crippen molar-refractivity contribution in [3.8, 4) is 0 Å². The fourth-order valence-electron chi connectivity index (χ4n) is 2.69. The lowest BCUT2D eigenvalue weighted by Crippen LogP contribution is -2.30. The zero-order valence-electron chi connectivity index (χ0n) is 15.5. The molecule has 0 spiro atoms. The smallest absolute Gasteiger partial charge is 0.00103 e. The van der Waals surface area contributed by atoms with Crippen LogP contribution in [-0.2, 0) is 0 Å². The van der Waals surface area contributed by atoms with Gasteiger partial charge in [0.25, 0.3) is 0 Å². The molecular formula is C18H41N3. The average Bonchev–Trinajstić information content (AvgIpc) is 2.48. The largest absolute Gasteiger partial charge is 0.315 e. The van der Waals surface area contributed by atoms with Gasteiger partial charge in [-0.1, -0.05) is 47.5 Å². The van der Waals surface area contributed by atoms with Gasteiger partial charge in [0, 0.05) is 6.04 Å². The summed E-state index contributed by atoms with van der Waals surface area (Å²) in [7, 11) is 0. The molecule has 0 aliphatic heterocycles. The van der Waals surface area contributed by atoms with E-state index in [1.54, 1.807) is 0 Å². The van der Waals surface area contributed by atoms with Crippen LogP contribution in [0.4, 0.5) is 0 Å². The first kappa shape index (κ1) is 20.9. The molecular weight excluding hydrogens is 258 g/mol. The molecule has 0 aliphatic carbocycles. The molecule has 3 heteroatoms. The zero-order chi connectivity index (χ0) is 15.9. The standard InChI is InChI=1S/C18H41N3/c1-6-20(7-2)16-13-17-21(8-3)15-12-10-9-11-14-19-18(4)5/h18-19H,6-17H2,1-5H3. The second kappa shape index (κ2) is 14.8. The summed E-state index contributed by atoms with van der Waals surface area (Å²) in [6, 6.07) is 0.631. The van der Waals surface area contributed by atoms with Gasteiger partial charge in [0.05, 0.1) is 0 Å². The Hall–Kier alpha value is -0.120. The van der Waals surface area contributed by atoms with Gasteiger partial charge in [-0.3, -0.25) is 0 Å². The summed E-state index contributed by atoms with van der Waals surface area (Å²) in [6.45, 7) is 19.8. The predicted molar refractivity (Wildman–Crippen MR) is 96.1 cm³/mol. The minimum Gasteiger partial charge on any atom is -0.315 e. The predicted octanol–water partition coefficient (Wildman–Crippen LogP) is 3.60. The molecule has 0 atom stereocenters. The second-order valence-electron chi connectivity index (χ2n) is 6.34. The van der Waals surface area contributed by atoms with E-state index < -0.39 is 0 Å². The Morgan fingerprint density at radius 3 is 1.76 bits per heavy atom. The van der Waals surface area contributed by atoms with Crippen LogP contribution in [0.15, 0.2) is 0 Å². The van der Waals surface area contributed by atoms with Crippen LogP contribution in [0.5, 0.6) is 0 Å². The van der Waals surface area contributed by atoms with Gasteiger partial charge >= 0.3 is 0 Å². The third-order valence-corrected chi connectivity index (χ3v) is 4.24. The Morgan fingerprint density at radius 1 is 0.667 bits per heavy atom. The number of unbranched alkanes of at least 4 members (excludes halogenated alkanes) is 3. The van der Waals surface area contributed by atoms with Gasteiger partial charge in [-0.25, -0.2) is 0 Å². The van der Waals surface area contributed by atoms with Crippen molar-refractivity contribution in [3.63, 3.8) is 0 Å². The lowest BCUT2D eigenvalue weighted by atomic mass is 10.2. The fraction of sp³-hybridized carbons (Fsp3) is 1.00. The Bertz CT molecular complexity index is 203. The Kier molecular flexibility index (Phi) is 14.7. The second-order valence-corrected chi connectivity index (χ2v) is 6.34. The van der Waals surface area contributed by atoms with Gasteiger partial charge in [0.15, 0.2) is 0 Å². The third-order valence-electron chi connectivity index (χ3n) is 4.24. The van der Waals surface area contributed by atoms with Crippen LogP contribution in [0.3, 0.4) is 0 Å². The fourth-order valence-corrected chi connectivity index (χ4v) is 2.69. The van der Waals surface area contributed by atoms with Crippen molar-refractivity contribution in [3.05, 3.63) is 0 Å². The molecule has 0 aromatic heterocycles. The van der Waals surface area contributed by atoms with E-state index >= 15 is 0 Å². The van der Waals surface area contributed by atoms with E-state index in [2.05, 4.69) is 49.7 Å². The molecule has 0 aromatic carbocycles. The van der Waals surface area contributed by atoms with E-state index in [1.165, 1.54) is 77.9 Å². The molecule has 128 valence electrons. The molecule has 0 unspecified atom stereocenters. The van der Waals surface area contributed by atoms with Crippen LogP contribution in [0.25, 0.3) is 0 Å². The van der Waals surface area contributed by atoms with Crippen LogP contribution in [0, 0.1) is 0 Å². The number of hydrogen-bond acceptors (Lipinski definition) is 3. The highest BCUT2D eigenvalue weighted by Gasteiger charge is 2.04. The van der Waals surface area contributed by atoms with Crippen molar-refractivity contribution in [1.29, 1.82) is 0 Å². The lowest BCUT2D eigenvalue weighted by molar-refractivity contribution is 0.240. The molecule has 0 rings (SSSR count). The summed E-state index contributed by atoms with van der Waals surface area (Å²) in [4.78, 5) is 5.14. The van der Waals surface area contributed by atoms with Crippen LogP contribution in [-0.4, -0.2) is 61.7 Å². The minimum absolute atomic E-state index is 0.631. The molecule has 0 fully saturated rings. The van der Waals surface area contributed by atoms with Crippen molar-refractivity contribution in [2.24, 2.45) is 0 Å². The normalized spacial score (nSPS) is 12.0. The van der Waals surface area contributed by atoms with Gasteiger partial charge in [-0.15, -0.1) is 0 Å². The van der Waals surface area contributed by atoms with Crippen molar-refractivity contribution in [2.45, 2.75) is 72.8 Å². The summed E-state index contributed by atoms with van der Waals surface area (Å²) in [5.74, 6) is 0. The average molecular weight is 300 g/mol. The third kappa shape index (κ3) is 13.3. The van der Waals surface area contributed by atoms with Crippen LogP contribution < -0.4 is 5.32 Å². The van der Waals surface area contributed by atoms with Crippen molar-refractivity contribution < 1.29 is 0 Å². The number of hydrogen-bond donors (Lipinski definition) is 1. The van der Waals surface area contributed by atoms with Crippen molar-refractivity contribution in [2.75, 3.05) is 45.8 Å². The van der Waals surface area contributed by atoms with Gasteiger partial charge in [0.1, 0.15) is 0 Å². The molecule has 0 saturated heterocycles. The molecule has 0 radical (unpaired) electrons. The maximum absolute atomic E-state index is 3.49. The molecule has 0 amide bonds. The summed E-state index contributed by atoms with van der Waals surface area (Å²) in [5.41, 5.74) is 0. The van der Waals surface area contributed by atoms with E-state index in [0.29, 0.717) is 6.04 Å². The van der Waals surface area contributed by atoms with Gasteiger partial charge in [-0.05, 0) is 65.1 Å². The molecule has 0 bridgehead atoms. The highest BCUT2D eigenvalue weighted by molar-refractivity contribution is 4.60. The van der Waals surface area contributed by atoms with E-state index in [0.717, 1.165) is 0 Å². The quantitative estimate of drug-likeness (QED) is 0.466. The maximum Gasteiger partial charge on any atom is 0.00103 e. The maximum atomic E-state index is 3.49. The first-order chi connectivity index (χ1) is 10.1. The Balaban J connectivity index is 3.48. The molecule has 0 aliphatic rings. The Morgan fingerprint density at radius 2 is 1.19 bits per heavy atom. The minimum atomic E-state index is 0.631. The van der Waals surface area contributed by atoms with Crippen LogP contribution in [0.2, 0.25) is 0 Å². The van der Waals surface area contributed by atoms with E-state index in [-0.39, 0.29) is 0 Å². The zero-order valence-corrected chi connectivity index (χ0v) is 15.5. The number of nitrogens with zero attached hydrogens (tertiary/aromatic N) is 2. The lowest BCUT2D eigenvalue weighted by Gasteiger charge is -2.23. The molecule has 3 nitrogen and oxygen atoms in total. The number of nitrogens with one attached hydrogen (secondary N) is 1. The first-order valence-electron chi connectivity index (χ1n) is 9.32. The van der Waals surface area contributed by atoms with Gasteiger partial charge in [-0.2, -0.15) is 0 Å². The van der Waals surface area contributed by atoms with Crippen LogP contribution >= 0.6 is 0 Å². The molecule has 0 aromatic rings. The monoisotopic (exact) mass is 299 g/mol. The molecule has 1 N–H and O–H groups in total. The highest BCUT2D eigenvalue weighted by atomic mass is 15.1. The van der Waals surface area contributed by atoms with Crippen molar-refractivity contribution >= 4 is 0 Å². The van der Waals surface area contributed by atoms with E-state index in [1.807, 2.05) is 0 Å². The van der Waals surface area contributed by atoms with Gasteiger partial charge in [0.2, 0.25) is 0 Å². The van der Waals surface area contributed by atoms with Crippen LogP contribution in [0.1, 0.15) is 66.7 Å². The number of rotatable bonds is 15. The topological polar surface area (TPSA) is 18.5 Å². The highest BCUT2D eigenvalue weighted by Crippen LogP contribution is 2.03. The first-order valence-corrected chi connectivity index (χ1v) is 9.32.